The van der Waals surface area contributed by atoms with Gasteiger partial charge in [0.2, 0.25) is 0 Å². The molecule has 0 aliphatic carbocycles. The van der Waals surface area contributed by atoms with Crippen molar-refractivity contribution >= 4 is 29.2 Å². The van der Waals surface area contributed by atoms with Crippen molar-refractivity contribution in [2.45, 2.75) is 0 Å². The molecule has 72 valence electrons. The number of nitrogen functional groups attached to an aromatic ring is 1. The highest BCUT2D eigenvalue weighted by Gasteiger charge is 2.03. The van der Waals surface area contributed by atoms with Crippen molar-refractivity contribution < 1.29 is 0 Å². The molecule has 1 aromatic carbocycles. The summed E-state index contributed by atoms with van der Waals surface area (Å²) < 4.78 is 0. The van der Waals surface area contributed by atoms with Crippen LogP contribution in [0, 0.1) is 0 Å². The van der Waals surface area contributed by atoms with E-state index in [2.05, 4.69) is 9.97 Å². The van der Waals surface area contributed by atoms with Gasteiger partial charge in [-0.1, -0.05) is 29.3 Å². The molecule has 3 N–H and O–H groups in total. The van der Waals surface area contributed by atoms with Crippen molar-refractivity contribution in [2.75, 3.05) is 5.73 Å². The molecule has 0 aliphatic heterocycles. The topological polar surface area (TPSA) is 54.7 Å². The highest BCUT2D eigenvalue weighted by atomic mass is 35.5. The average molecular weight is 228 g/mol. The van der Waals surface area contributed by atoms with Crippen LogP contribution in [0.1, 0.15) is 0 Å². The second-order valence-corrected chi connectivity index (χ2v) is 3.63. The summed E-state index contributed by atoms with van der Waals surface area (Å²) in [7, 11) is 0. The number of H-pyrrole nitrogens is 1. The van der Waals surface area contributed by atoms with Gasteiger partial charge in [0, 0.05) is 5.56 Å². The Morgan fingerprint density at radius 1 is 1.21 bits per heavy atom. The third kappa shape index (κ3) is 1.69. The van der Waals surface area contributed by atoms with Gasteiger partial charge in [0.15, 0.2) is 5.95 Å². The lowest BCUT2D eigenvalue weighted by atomic mass is 10.2. The van der Waals surface area contributed by atoms with Crippen LogP contribution in [0.25, 0.3) is 11.3 Å². The highest BCUT2D eigenvalue weighted by molar-refractivity contribution is 6.42. The molecule has 0 bridgehead atoms. The van der Waals surface area contributed by atoms with Gasteiger partial charge >= 0.3 is 0 Å². The van der Waals surface area contributed by atoms with Gasteiger partial charge in [-0.15, -0.1) is 0 Å². The maximum Gasteiger partial charge on any atom is 0.197 e. The first-order valence-electron chi connectivity index (χ1n) is 3.93. The molecule has 1 heterocycles. The zero-order valence-corrected chi connectivity index (χ0v) is 8.60. The monoisotopic (exact) mass is 227 g/mol. The van der Waals surface area contributed by atoms with Gasteiger partial charge in [0.25, 0.3) is 0 Å². The van der Waals surface area contributed by atoms with Crippen molar-refractivity contribution in [2.24, 2.45) is 0 Å². The van der Waals surface area contributed by atoms with E-state index in [9.17, 15) is 0 Å². The number of hydrogen-bond donors (Lipinski definition) is 2. The van der Waals surface area contributed by atoms with Gasteiger partial charge in [0.05, 0.1) is 21.9 Å². The second kappa shape index (κ2) is 3.52. The van der Waals surface area contributed by atoms with Crippen LogP contribution in [0.15, 0.2) is 24.4 Å². The van der Waals surface area contributed by atoms with Crippen molar-refractivity contribution in [3.8, 4) is 11.3 Å². The smallest absolute Gasteiger partial charge is 0.197 e. The summed E-state index contributed by atoms with van der Waals surface area (Å²) in [5, 5.41) is 1.04. The fourth-order valence-electron chi connectivity index (χ4n) is 1.15. The van der Waals surface area contributed by atoms with Crippen LogP contribution in [0.2, 0.25) is 10.0 Å². The van der Waals surface area contributed by atoms with E-state index >= 15 is 0 Å². The molecule has 0 atom stereocenters. The lowest BCUT2D eigenvalue weighted by molar-refractivity contribution is 1.33. The Morgan fingerprint density at radius 2 is 2.00 bits per heavy atom. The zero-order valence-electron chi connectivity index (χ0n) is 7.09. The minimum atomic E-state index is 0.381. The number of nitrogens with two attached hydrogens (primary N) is 1. The molecule has 2 rings (SSSR count). The normalized spacial score (nSPS) is 10.4. The predicted octanol–water partition coefficient (Wildman–Crippen LogP) is 2.97. The molecular weight excluding hydrogens is 221 g/mol. The molecule has 0 saturated heterocycles. The number of aromatic amines is 1. The zero-order chi connectivity index (χ0) is 10.1. The fourth-order valence-corrected chi connectivity index (χ4v) is 1.45. The van der Waals surface area contributed by atoms with E-state index in [1.807, 2.05) is 6.07 Å². The van der Waals surface area contributed by atoms with Crippen LogP contribution >= 0.6 is 23.2 Å². The highest BCUT2D eigenvalue weighted by Crippen LogP contribution is 2.27. The molecule has 1 aromatic heterocycles. The summed E-state index contributed by atoms with van der Waals surface area (Å²) in [6.45, 7) is 0. The van der Waals surface area contributed by atoms with Crippen LogP contribution in [0.3, 0.4) is 0 Å². The van der Waals surface area contributed by atoms with E-state index in [0.29, 0.717) is 16.0 Å². The quantitative estimate of drug-likeness (QED) is 0.788. The van der Waals surface area contributed by atoms with E-state index in [1.54, 1.807) is 18.3 Å². The Labute approximate surface area is 90.9 Å². The molecular formula is C9H7Cl2N3. The molecule has 0 fully saturated rings. The molecule has 5 heteroatoms. The van der Waals surface area contributed by atoms with E-state index in [-0.39, 0.29) is 0 Å². The van der Waals surface area contributed by atoms with E-state index in [1.165, 1.54) is 0 Å². The third-order valence-corrected chi connectivity index (χ3v) is 2.57. The van der Waals surface area contributed by atoms with Crippen LogP contribution < -0.4 is 5.73 Å². The first-order chi connectivity index (χ1) is 6.66. The van der Waals surface area contributed by atoms with Gasteiger partial charge in [-0.25, -0.2) is 4.98 Å². The third-order valence-electron chi connectivity index (χ3n) is 1.83. The van der Waals surface area contributed by atoms with Crippen LogP contribution in [-0.4, -0.2) is 9.97 Å². The van der Waals surface area contributed by atoms with Gasteiger partial charge in [0.1, 0.15) is 0 Å². The predicted molar refractivity (Wildman–Crippen MR) is 58.5 cm³/mol. The lowest BCUT2D eigenvalue weighted by Gasteiger charge is -1.99. The summed E-state index contributed by atoms with van der Waals surface area (Å²) in [5.41, 5.74) is 7.18. The molecule has 0 saturated carbocycles. The minimum absolute atomic E-state index is 0.381. The summed E-state index contributed by atoms with van der Waals surface area (Å²) in [6.07, 6.45) is 1.65. The second-order valence-electron chi connectivity index (χ2n) is 2.81. The number of halogens is 2. The number of imidazole rings is 1. The van der Waals surface area contributed by atoms with Crippen LogP contribution in [0.5, 0.6) is 0 Å². The number of rotatable bonds is 1. The molecule has 14 heavy (non-hydrogen) atoms. The van der Waals surface area contributed by atoms with Crippen molar-refractivity contribution in [1.29, 1.82) is 0 Å². The Bertz CT molecular complexity index is 465. The van der Waals surface area contributed by atoms with Gasteiger partial charge in [-0.05, 0) is 12.1 Å². The summed E-state index contributed by atoms with van der Waals surface area (Å²) in [6, 6.07) is 5.34. The fraction of sp³-hybridized carbons (Fsp3) is 0. The maximum absolute atomic E-state index is 5.87. The van der Waals surface area contributed by atoms with Crippen molar-refractivity contribution in [3.05, 3.63) is 34.4 Å². The van der Waals surface area contributed by atoms with Gasteiger partial charge < -0.3 is 10.7 Å². The first-order valence-corrected chi connectivity index (χ1v) is 4.68. The Kier molecular flexibility index (Phi) is 2.35. The SMILES string of the molecule is Nc1ncc(-c2ccc(Cl)c(Cl)c2)[nH]1. The van der Waals surface area contributed by atoms with Crippen LogP contribution in [0.4, 0.5) is 5.95 Å². The number of nitrogens with zero attached hydrogens (tertiary/aromatic N) is 1. The number of benzene rings is 1. The minimum Gasteiger partial charge on any atom is -0.369 e. The maximum atomic E-state index is 5.87. The molecule has 0 spiro atoms. The van der Waals surface area contributed by atoms with Gasteiger partial charge in [-0.3, -0.25) is 0 Å². The lowest BCUT2D eigenvalue weighted by Crippen LogP contribution is -1.85. The Hall–Kier alpha value is -1.19. The molecule has 2 aromatic rings. The van der Waals surface area contributed by atoms with Crippen molar-refractivity contribution in [1.82, 2.24) is 9.97 Å². The number of aromatic nitrogens is 2. The first kappa shape index (κ1) is 9.37. The standard InChI is InChI=1S/C9H7Cl2N3/c10-6-2-1-5(3-7(6)11)8-4-13-9(12)14-8/h1-4H,(H3,12,13,14). The molecule has 0 amide bonds. The van der Waals surface area contributed by atoms with E-state index < -0.39 is 0 Å². The van der Waals surface area contributed by atoms with E-state index in [0.717, 1.165) is 11.3 Å². The molecule has 0 aliphatic rings. The number of hydrogen-bond acceptors (Lipinski definition) is 2. The number of anilines is 1. The summed E-state index contributed by atoms with van der Waals surface area (Å²) in [5.74, 6) is 0.381. The van der Waals surface area contributed by atoms with Gasteiger partial charge in [-0.2, -0.15) is 0 Å². The largest absolute Gasteiger partial charge is 0.369 e. The summed E-state index contributed by atoms with van der Waals surface area (Å²) >= 11 is 11.7. The average Bonchev–Trinajstić information content (AvgIpc) is 2.57. The summed E-state index contributed by atoms with van der Waals surface area (Å²) in [4.78, 5) is 6.80. The Balaban J connectivity index is 2.47. The van der Waals surface area contributed by atoms with E-state index in [4.69, 9.17) is 28.9 Å². The molecule has 0 radical (unpaired) electrons. The Morgan fingerprint density at radius 3 is 2.57 bits per heavy atom. The van der Waals surface area contributed by atoms with Crippen molar-refractivity contribution in [3.63, 3.8) is 0 Å². The number of nitrogens with one attached hydrogen (secondary N) is 1. The molecule has 0 unspecified atom stereocenters. The molecule has 3 nitrogen and oxygen atoms in total. The van der Waals surface area contributed by atoms with Crippen LogP contribution in [-0.2, 0) is 0 Å².